The molecule has 1 aliphatic heterocycles. The molecule has 0 radical (unpaired) electrons. The monoisotopic (exact) mass is 299 g/mol. The van der Waals surface area contributed by atoms with E-state index >= 15 is 0 Å². The van der Waals surface area contributed by atoms with Crippen LogP contribution in [0.1, 0.15) is 28.1 Å². The molecule has 0 spiro atoms. The topological polar surface area (TPSA) is 80.2 Å². The van der Waals surface area contributed by atoms with E-state index in [-0.39, 0.29) is 11.5 Å². The number of nitriles is 1. The molecule has 3 heterocycles. The lowest BCUT2D eigenvalue weighted by Crippen LogP contribution is -2.30. The molecular weight excluding hydrogens is 282 g/mol. The van der Waals surface area contributed by atoms with Gasteiger partial charge in [-0.1, -0.05) is 0 Å². The fourth-order valence-electron chi connectivity index (χ4n) is 2.63. The molecule has 0 saturated carbocycles. The van der Waals surface area contributed by atoms with E-state index in [2.05, 4.69) is 11.4 Å². The Labute approximate surface area is 128 Å². The second-order valence-electron chi connectivity index (χ2n) is 5.36. The molecule has 1 amide bonds. The number of carbonyl (C=O) groups excluding carboxylic acids is 1. The van der Waals surface area contributed by atoms with Crippen LogP contribution in [0, 0.1) is 24.2 Å². The van der Waals surface area contributed by atoms with Crippen LogP contribution in [0.15, 0.2) is 28.9 Å². The van der Waals surface area contributed by atoms with E-state index in [1.54, 1.807) is 23.9 Å². The highest BCUT2D eigenvalue weighted by atomic mass is 16.5. The first-order valence-corrected chi connectivity index (χ1v) is 7.23. The molecule has 1 N–H and O–H groups in total. The zero-order valence-electron chi connectivity index (χ0n) is 12.3. The molecule has 1 atom stereocenters. The Kier molecular flexibility index (Phi) is 3.98. The van der Waals surface area contributed by atoms with Crippen molar-refractivity contribution < 1.29 is 13.9 Å². The van der Waals surface area contributed by atoms with Crippen LogP contribution in [0.3, 0.4) is 0 Å². The number of furan rings is 1. The predicted molar refractivity (Wildman–Crippen MR) is 78.7 cm³/mol. The number of amides is 1. The predicted octanol–water partition coefficient (Wildman–Crippen LogP) is 2.02. The van der Waals surface area contributed by atoms with E-state index in [1.807, 2.05) is 12.1 Å². The molecule has 1 unspecified atom stereocenters. The van der Waals surface area contributed by atoms with Gasteiger partial charge in [-0.2, -0.15) is 5.26 Å². The number of carbonyl (C=O) groups is 1. The van der Waals surface area contributed by atoms with Gasteiger partial charge in [0.15, 0.2) is 0 Å². The van der Waals surface area contributed by atoms with Crippen molar-refractivity contribution in [3.05, 3.63) is 41.4 Å². The molecule has 1 aliphatic rings. The molecule has 2 aromatic rings. The Bertz CT molecular complexity index is 704. The van der Waals surface area contributed by atoms with Gasteiger partial charge in [0.1, 0.15) is 23.0 Å². The van der Waals surface area contributed by atoms with Crippen LogP contribution in [-0.2, 0) is 4.74 Å². The minimum Gasteiger partial charge on any atom is -0.443 e. The Morgan fingerprint density at radius 1 is 1.50 bits per heavy atom. The average molecular weight is 299 g/mol. The van der Waals surface area contributed by atoms with Gasteiger partial charge in [0.25, 0.3) is 5.91 Å². The second-order valence-corrected chi connectivity index (χ2v) is 5.36. The quantitative estimate of drug-likeness (QED) is 0.936. The van der Waals surface area contributed by atoms with E-state index < -0.39 is 0 Å². The standard InChI is InChI=1S/C16H17N3O3/c1-11-14(15(20)18-9-12-4-7-21-10-12)13(8-17)16(22-11)19-5-2-3-6-19/h2-3,5-6,12H,4,7,9-10H2,1H3,(H,18,20). The van der Waals surface area contributed by atoms with E-state index in [9.17, 15) is 10.1 Å². The van der Waals surface area contributed by atoms with E-state index in [0.29, 0.717) is 36.3 Å². The number of rotatable bonds is 4. The Morgan fingerprint density at radius 2 is 2.27 bits per heavy atom. The molecule has 0 aromatic carbocycles. The fraction of sp³-hybridized carbons (Fsp3) is 0.375. The third kappa shape index (κ3) is 2.63. The van der Waals surface area contributed by atoms with Crippen LogP contribution in [-0.4, -0.2) is 30.2 Å². The lowest BCUT2D eigenvalue weighted by Gasteiger charge is -2.09. The molecular formula is C16H17N3O3. The molecule has 1 saturated heterocycles. The maximum atomic E-state index is 12.4. The Hall–Kier alpha value is -2.52. The van der Waals surface area contributed by atoms with Crippen molar-refractivity contribution in [2.45, 2.75) is 13.3 Å². The number of aryl methyl sites for hydroxylation is 1. The molecule has 114 valence electrons. The van der Waals surface area contributed by atoms with Crippen LogP contribution in [0.5, 0.6) is 0 Å². The minimum absolute atomic E-state index is 0.258. The van der Waals surface area contributed by atoms with Crippen molar-refractivity contribution in [1.82, 2.24) is 9.88 Å². The van der Waals surface area contributed by atoms with Crippen LogP contribution in [0.2, 0.25) is 0 Å². The summed E-state index contributed by atoms with van der Waals surface area (Å²) in [6.07, 6.45) is 4.50. The summed E-state index contributed by atoms with van der Waals surface area (Å²) in [5.41, 5.74) is 0.569. The zero-order valence-corrected chi connectivity index (χ0v) is 12.3. The fourth-order valence-corrected chi connectivity index (χ4v) is 2.63. The zero-order chi connectivity index (χ0) is 15.5. The summed E-state index contributed by atoms with van der Waals surface area (Å²) in [5.74, 6) is 0.883. The summed E-state index contributed by atoms with van der Waals surface area (Å²) in [5, 5.41) is 12.3. The first-order valence-electron chi connectivity index (χ1n) is 7.23. The maximum Gasteiger partial charge on any atom is 0.256 e. The number of aromatic nitrogens is 1. The van der Waals surface area contributed by atoms with Gasteiger partial charge in [-0.3, -0.25) is 9.36 Å². The lowest BCUT2D eigenvalue weighted by atomic mass is 10.1. The van der Waals surface area contributed by atoms with Crippen molar-refractivity contribution in [3.8, 4) is 12.0 Å². The summed E-state index contributed by atoms with van der Waals surface area (Å²) in [6.45, 7) is 3.66. The van der Waals surface area contributed by atoms with Gasteiger partial charge in [-0.25, -0.2) is 0 Å². The molecule has 3 rings (SSSR count). The molecule has 0 aliphatic carbocycles. The molecule has 6 heteroatoms. The van der Waals surface area contributed by atoms with Crippen LogP contribution in [0.4, 0.5) is 0 Å². The van der Waals surface area contributed by atoms with E-state index in [0.717, 1.165) is 13.0 Å². The van der Waals surface area contributed by atoms with Gasteiger partial charge >= 0.3 is 0 Å². The Balaban J connectivity index is 1.83. The number of nitrogens with one attached hydrogen (secondary N) is 1. The summed E-state index contributed by atoms with van der Waals surface area (Å²) in [4.78, 5) is 12.4. The second kappa shape index (κ2) is 6.08. The van der Waals surface area contributed by atoms with Gasteiger partial charge < -0.3 is 14.5 Å². The molecule has 6 nitrogen and oxygen atoms in total. The summed E-state index contributed by atoms with van der Waals surface area (Å²) in [6, 6.07) is 5.75. The summed E-state index contributed by atoms with van der Waals surface area (Å²) < 4.78 is 12.6. The summed E-state index contributed by atoms with van der Waals surface area (Å²) in [7, 11) is 0. The highest BCUT2D eigenvalue weighted by molar-refractivity contribution is 5.98. The molecule has 0 bridgehead atoms. The normalized spacial score (nSPS) is 17.4. The number of hydrogen-bond donors (Lipinski definition) is 1. The molecule has 22 heavy (non-hydrogen) atoms. The van der Waals surface area contributed by atoms with Crippen molar-refractivity contribution in [3.63, 3.8) is 0 Å². The van der Waals surface area contributed by atoms with Gasteiger partial charge in [0.2, 0.25) is 5.88 Å². The van der Waals surface area contributed by atoms with Gasteiger partial charge in [-0.05, 0) is 25.5 Å². The average Bonchev–Trinajstić information content (AvgIpc) is 3.24. The van der Waals surface area contributed by atoms with Crippen molar-refractivity contribution in [1.29, 1.82) is 5.26 Å². The molecule has 2 aromatic heterocycles. The third-order valence-electron chi connectivity index (χ3n) is 3.82. The van der Waals surface area contributed by atoms with Gasteiger partial charge in [0, 0.05) is 31.5 Å². The van der Waals surface area contributed by atoms with Crippen LogP contribution < -0.4 is 5.32 Å². The van der Waals surface area contributed by atoms with Crippen molar-refractivity contribution in [2.24, 2.45) is 5.92 Å². The third-order valence-corrected chi connectivity index (χ3v) is 3.82. The van der Waals surface area contributed by atoms with Crippen LogP contribution in [0.25, 0.3) is 5.88 Å². The minimum atomic E-state index is -0.275. The maximum absolute atomic E-state index is 12.4. The smallest absolute Gasteiger partial charge is 0.256 e. The highest BCUT2D eigenvalue weighted by Gasteiger charge is 2.25. The summed E-state index contributed by atoms with van der Waals surface area (Å²) >= 11 is 0. The van der Waals surface area contributed by atoms with E-state index in [4.69, 9.17) is 9.15 Å². The van der Waals surface area contributed by atoms with Gasteiger partial charge in [0.05, 0.1) is 6.61 Å². The first kappa shape index (κ1) is 14.4. The highest BCUT2D eigenvalue weighted by Crippen LogP contribution is 2.25. The molecule has 1 fully saturated rings. The first-order chi connectivity index (χ1) is 10.7. The largest absolute Gasteiger partial charge is 0.443 e. The van der Waals surface area contributed by atoms with E-state index in [1.165, 1.54) is 0 Å². The van der Waals surface area contributed by atoms with Crippen LogP contribution >= 0.6 is 0 Å². The van der Waals surface area contributed by atoms with Crippen molar-refractivity contribution in [2.75, 3.05) is 19.8 Å². The van der Waals surface area contributed by atoms with Gasteiger partial charge in [-0.15, -0.1) is 0 Å². The number of hydrogen-bond acceptors (Lipinski definition) is 4. The Morgan fingerprint density at radius 3 is 2.91 bits per heavy atom. The lowest BCUT2D eigenvalue weighted by molar-refractivity contribution is 0.0943. The SMILES string of the molecule is Cc1oc(-n2cccc2)c(C#N)c1C(=O)NCC1CCOC1. The number of nitrogens with zero attached hydrogens (tertiary/aromatic N) is 2. The van der Waals surface area contributed by atoms with Crippen molar-refractivity contribution >= 4 is 5.91 Å². The number of ether oxygens (including phenoxy) is 1.